The lowest BCUT2D eigenvalue weighted by Gasteiger charge is -2.18. The molecule has 0 radical (unpaired) electrons. The SMILES string of the molecule is OC(c1ccc(OC2CC2)cc1)C1CCCO1. The molecule has 1 saturated heterocycles. The standard InChI is InChI=1S/C14H18O3/c15-14(13-2-1-9-16-13)10-3-5-11(6-4-10)17-12-7-8-12/h3-6,12-15H,1-2,7-9H2. The minimum atomic E-state index is -0.507. The van der Waals surface area contributed by atoms with Gasteiger partial charge < -0.3 is 14.6 Å². The highest BCUT2D eigenvalue weighted by Crippen LogP contribution is 2.30. The van der Waals surface area contributed by atoms with Crippen LogP contribution in [0.4, 0.5) is 0 Å². The zero-order valence-electron chi connectivity index (χ0n) is 9.84. The average Bonchev–Trinajstić information content (AvgIpc) is 3.00. The summed E-state index contributed by atoms with van der Waals surface area (Å²) in [5.74, 6) is 0.899. The highest BCUT2D eigenvalue weighted by molar-refractivity contribution is 5.29. The maximum atomic E-state index is 10.1. The molecule has 2 atom stereocenters. The van der Waals surface area contributed by atoms with E-state index in [0.717, 1.165) is 30.8 Å². The Morgan fingerprint density at radius 2 is 1.94 bits per heavy atom. The van der Waals surface area contributed by atoms with E-state index in [0.29, 0.717) is 6.10 Å². The van der Waals surface area contributed by atoms with Gasteiger partial charge in [0.1, 0.15) is 11.9 Å². The number of rotatable bonds is 4. The van der Waals surface area contributed by atoms with Crippen LogP contribution in [0.25, 0.3) is 0 Å². The Kier molecular flexibility index (Phi) is 3.04. The van der Waals surface area contributed by atoms with Crippen molar-refractivity contribution in [2.45, 2.75) is 44.0 Å². The molecule has 0 spiro atoms. The zero-order valence-corrected chi connectivity index (χ0v) is 9.84. The summed E-state index contributed by atoms with van der Waals surface area (Å²) < 4.78 is 11.2. The Morgan fingerprint density at radius 3 is 2.53 bits per heavy atom. The van der Waals surface area contributed by atoms with E-state index < -0.39 is 6.10 Å². The van der Waals surface area contributed by atoms with Gasteiger partial charge in [0, 0.05) is 6.61 Å². The molecule has 3 rings (SSSR count). The number of hydrogen-bond donors (Lipinski definition) is 1. The highest BCUT2D eigenvalue weighted by atomic mass is 16.5. The molecule has 1 aromatic carbocycles. The Labute approximate surface area is 101 Å². The van der Waals surface area contributed by atoms with Crippen molar-refractivity contribution in [3.63, 3.8) is 0 Å². The van der Waals surface area contributed by atoms with Crippen molar-refractivity contribution < 1.29 is 14.6 Å². The van der Waals surface area contributed by atoms with Gasteiger partial charge in [-0.25, -0.2) is 0 Å². The fourth-order valence-corrected chi connectivity index (χ4v) is 2.19. The van der Waals surface area contributed by atoms with E-state index in [1.807, 2.05) is 24.3 Å². The fourth-order valence-electron chi connectivity index (χ4n) is 2.19. The van der Waals surface area contributed by atoms with Gasteiger partial charge in [-0.1, -0.05) is 12.1 Å². The molecule has 1 saturated carbocycles. The quantitative estimate of drug-likeness (QED) is 0.869. The van der Waals surface area contributed by atoms with Crippen molar-refractivity contribution in [3.05, 3.63) is 29.8 Å². The molecule has 2 aliphatic rings. The predicted octanol–water partition coefficient (Wildman–Crippen LogP) is 2.44. The molecular weight excluding hydrogens is 216 g/mol. The lowest BCUT2D eigenvalue weighted by molar-refractivity contribution is -0.00260. The molecule has 1 heterocycles. The molecule has 2 unspecified atom stereocenters. The minimum Gasteiger partial charge on any atom is -0.490 e. The molecule has 1 aliphatic carbocycles. The second-order valence-corrected chi connectivity index (χ2v) is 4.88. The first-order chi connectivity index (χ1) is 8.33. The van der Waals surface area contributed by atoms with E-state index >= 15 is 0 Å². The second-order valence-electron chi connectivity index (χ2n) is 4.88. The van der Waals surface area contributed by atoms with Crippen molar-refractivity contribution in [1.29, 1.82) is 0 Å². The lowest BCUT2D eigenvalue weighted by Crippen LogP contribution is -2.16. The number of aliphatic hydroxyl groups excluding tert-OH is 1. The molecule has 0 amide bonds. The van der Waals surface area contributed by atoms with Gasteiger partial charge in [-0.3, -0.25) is 0 Å². The third kappa shape index (κ3) is 2.61. The van der Waals surface area contributed by atoms with Crippen LogP contribution in [0.1, 0.15) is 37.4 Å². The molecular formula is C14H18O3. The average molecular weight is 234 g/mol. The topological polar surface area (TPSA) is 38.7 Å². The molecule has 1 N–H and O–H groups in total. The number of hydrogen-bond acceptors (Lipinski definition) is 3. The predicted molar refractivity (Wildman–Crippen MR) is 64.0 cm³/mol. The summed E-state index contributed by atoms with van der Waals surface area (Å²) in [6.07, 6.45) is 4.20. The summed E-state index contributed by atoms with van der Waals surface area (Å²) >= 11 is 0. The Hall–Kier alpha value is -1.06. The van der Waals surface area contributed by atoms with E-state index in [4.69, 9.17) is 9.47 Å². The van der Waals surface area contributed by atoms with Crippen LogP contribution in [0, 0.1) is 0 Å². The molecule has 1 aliphatic heterocycles. The fraction of sp³-hybridized carbons (Fsp3) is 0.571. The Balaban J connectivity index is 1.65. The first-order valence-electron chi connectivity index (χ1n) is 6.39. The van der Waals surface area contributed by atoms with Gasteiger partial charge >= 0.3 is 0 Å². The van der Waals surface area contributed by atoms with Crippen molar-refractivity contribution in [1.82, 2.24) is 0 Å². The van der Waals surface area contributed by atoms with Crippen molar-refractivity contribution >= 4 is 0 Å². The van der Waals surface area contributed by atoms with Crippen molar-refractivity contribution in [2.75, 3.05) is 6.61 Å². The molecule has 92 valence electrons. The van der Waals surface area contributed by atoms with Crippen LogP contribution in [0.3, 0.4) is 0 Å². The van der Waals surface area contributed by atoms with Gasteiger partial charge in [0.15, 0.2) is 0 Å². The van der Waals surface area contributed by atoms with E-state index in [9.17, 15) is 5.11 Å². The maximum Gasteiger partial charge on any atom is 0.119 e. The van der Waals surface area contributed by atoms with Crippen LogP contribution in [0.5, 0.6) is 5.75 Å². The molecule has 2 fully saturated rings. The molecule has 0 aromatic heterocycles. The number of ether oxygens (including phenoxy) is 2. The van der Waals surface area contributed by atoms with Gasteiger partial charge in [-0.05, 0) is 43.4 Å². The summed E-state index contributed by atoms with van der Waals surface area (Å²) in [4.78, 5) is 0. The summed E-state index contributed by atoms with van der Waals surface area (Å²) in [6, 6.07) is 7.74. The van der Waals surface area contributed by atoms with Gasteiger partial charge in [-0.2, -0.15) is 0 Å². The van der Waals surface area contributed by atoms with E-state index in [1.54, 1.807) is 0 Å². The summed E-state index contributed by atoms with van der Waals surface area (Å²) in [6.45, 7) is 0.768. The summed E-state index contributed by atoms with van der Waals surface area (Å²) in [5, 5.41) is 10.1. The van der Waals surface area contributed by atoms with Crippen LogP contribution in [-0.2, 0) is 4.74 Å². The maximum absolute atomic E-state index is 10.1. The third-order valence-electron chi connectivity index (χ3n) is 3.37. The highest BCUT2D eigenvalue weighted by Gasteiger charge is 2.26. The molecule has 1 aromatic rings. The number of benzene rings is 1. The van der Waals surface area contributed by atoms with E-state index in [2.05, 4.69) is 0 Å². The molecule has 17 heavy (non-hydrogen) atoms. The van der Waals surface area contributed by atoms with Crippen LogP contribution in [-0.4, -0.2) is 23.9 Å². The number of aliphatic hydroxyl groups is 1. The summed E-state index contributed by atoms with van der Waals surface area (Å²) in [5.41, 5.74) is 0.917. The van der Waals surface area contributed by atoms with Crippen LogP contribution in [0.2, 0.25) is 0 Å². The van der Waals surface area contributed by atoms with Gasteiger partial charge in [0.2, 0.25) is 0 Å². The largest absolute Gasteiger partial charge is 0.490 e. The van der Waals surface area contributed by atoms with Crippen LogP contribution in [0.15, 0.2) is 24.3 Å². The zero-order chi connectivity index (χ0) is 11.7. The van der Waals surface area contributed by atoms with Crippen LogP contribution >= 0.6 is 0 Å². The van der Waals surface area contributed by atoms with E-state index in [-0.39, 0.29) is 6.10 Å². The molecule has 0 bridgehead atoms. The monoisotopic (exact) mass is 234 g/mol. The van der Waals surface area contributed by atoms with Crippen LogP contribution < -0.4 is 4.74 Å². The molecule has 3 nitrogen and oxygen atoms in total. The first kappa shape index (κ1) is 11.1. The smallest absolute Gasteiger partial charge is 0.119 e. The second kappa shape index (κ2) is 4.67. The Bertz CT molecular complexity index is 364. The van der Waals surface area contributed by atoms with Crippen molar-refractivity contribution in [3.8, 4) is 5.75 Å². The third-order valence-corrected chi connectivity index (χ3v) is 3.37. The normalized spacial score (nSPS) is 25.8. The van der Waals surface area contributed by atoms with Gasteiger partial charge in [0.05, 0.1) is 12.2 Å². The summed E-state index contributed by atoms with van der Waals surface area (Å²) in [7, 11) is 0. The molecule has 3 heteroatoms. The lowest BCUT2D eigenvalue weighted by atomic mass is 10.0. The van der Waals surface area contributed by atoms with E-state index in [1.165, 1.54) is 12.8 Å². The first-order valence-corrected chi connectivity index (χ1v) is 6.39. The van der Waals surface area contributed by atoms with Gasteiger partial charge in [0.25, 0.3) is 0 Å². The minimum absolute atomic E-state index is 0.0369. The van der Waals surface area contributed by atoms with Gasteiger partial charge in [-0.15, -0.1) is 0 Å². The van der Waals surface area contributed by atoms with Crippen molar-refractivity contribution in [2.24, 2.45) is 0 Å². The Morgan fingerprint density at radius 1 is 1.18 bits per heavy atom.